The molecule has 158 valence electrons. The number of hydrogen-bond donors (Lipinski definition) is 1. The minimum absolute atomic E-state index is 0.121. The van der Waals surface area contributed by atoms with E-state index in [0.717, 1.165) is 18.7 Å². The summed E-state index contributed by atoms with van der Waals surface area (Å²) in [4.78, 5) is 29.7. The molecule has 1 aliphatic rings. The Bertz CT molecular complexity index is 918. The van der Waals surface area contributed by atoms with E-state index in [4.69, 9.17) is 4.74 Å². The quantitative estimate of drug-likeness (QED) is 0.412. The number of nitrogens with zero attached hydrogens (tertiary/aromatic N) is 2. The summed E-state index contributed by atoms with van der Waals surface area (Å²) in [6.45, 7) is 6.92. The average molecular weight is 408 g/mol. The predicted molar refractivity (Wildman–Crippen MR) is 116 cm³/mol. The maximum atomic E-state index is 13.0. The minimum Gasteiger partial charge on any atom is -0.507 e. The lowest BCUT2D eigenvalue weighted by atomic mass is 9.95. The van der Waals surface area contributed by atoms with Crippen LogP contribution in [0.15, 0.2) is 60.2 Å². The van der Waals surface area contributed by atoms with E-state index >= 15 is 0 Å². The van der Waals surface area contributed by atoms with Gasteiger partial charge in [0.05, 0.1) is 18.7 Å². The Labute approximate surface area is 177 Å². The lowest BCUT2D eigenvalue weighted by Gasteiger charge is -2.28. The molecule has 1 N–H and O–H groups in total. The van der Waals surface area contributed by atoms with E-state index in [1.165, 1.54) is 0 Å². The molecule has 1 heterocycles. The fraction of sp³-hybridized carbons (Fsp3) is 0.333. The first kappa shape index (κ1) is 21.6. The zero-order valence-corrected chi connectivity index (χ0v) is 17.7. The van der Waals surface area contributed by atoms with Gasteiger partial charge in [0.15, 0.2) is 0 Å². The number of ketones is 1. The Hall–Kier alpha value is -3.12. The SMILES string of the molecule is CCN(CC)CCN1C(=O)C(=O)C(=C(O)c2ccc(OC)cc2)[C@@H]1c1ccccc1. The molecule has 1 fully saturated rings. The molecule has 0 bridgehead atoms. The van der Waals surface area contributed by atoms with Crippen molar-refractivity contribution in [1.29, 1.82) is 0 Å². The van der Waals surface area contributed by atoms with Gasteiger partial charge in [-0.1, -0.05) is 44.2 Å². The van der Waals surface area contributed by atoms with Crippen molar-refractivity contribution in [3.8, 4) is 5.75 Å². The largest absolute Gasteiger partial charge is 0.507 e. The monoisotopic (exact) mass is 408 g/mol. The zero-order valence-electron chi connectivity index (χ0n) is 17.7. The fourth-order valence-corrected chi connectivity index (χ4v) is 3.79. The topological polar surface area (TPSA) is 70.1 Å². The summed E-state index contributed by atoms with van der Waals surface area (Å²) in [5.41, 5.74) is 1.39. The normalized spacial score (nSPS) is 18.3. The number of amides is 1. The smallest absolute Gasteiger partial charge is 0.295 e. The molecule has 0 radical (unpaired) electrons. The first-order valence-corrected chi connectivity index (χ1v) is 10.2. The Kier molecular flexibility index (Phi) is 6.90. The molecule has 30 heavy (non-hydrogen) atoms. The average Bonchev–Trinajstić information content (AvgIpc) is 3.05. The van der Waals surface area contributed by atoms with Gasteiger partial charge in [0.25, 0.3) is 11.7 Å². The van der Waals surface area contributed by atoms with E-state index in [1.54, 1.807) is 36.3 Å². The summed E-state index contributed by atoms with van der Waals surface area (Å²) in [5.74, 6) is -0.760. The standard InChI is InChI=1S/C24H28N2O4/c1-4-25(5-2)15-16-26-21(17-9-7-6-8-10-17)20(23(28)24(26)29)22(27)18-11-13-19(30-3)14-12-18/h6-14,21,27H,4-5,15-16H2,1-3H3/t21-/m0/s1. The summed E-state index contributed by atoms with van der Waals surface area (Å²) in [7, 11) is 1.56. The third-order valence-electron chi connectivity index (χ3n) is 5.57. The lowest BCUT2D eigenvalue weighted by Crippen LogP contribution is -2.38. The van der Waals surface area contributed by atoms with Crippen molar-refractivity contribution in [2.45, 2.75) is 19.9 Å². The molecule has 1 atom stereocenters. The molecule has 3 rings (SSSR count). The number of likely N-dealkylation sites (tertiary alicyclic amines) is 1. The molecule has 2 aromatic carbocycles. The molecule has 1 saturated heterocycles. The van der Waals surface area contributed by atoms with Crippen LogP contribution in [0.25, 0.3) is 5.76 Å². The minimum atomic E-state index is -0.656. The maximum absolute atomic E-state index is 13.0. The van der Waals surface area contributed by atoms with E-state index < -0.39 is 17.7 Å². The number of hydrogen-bond acceptors (Lipinski definition) is 5. The van der Waals surface area contributed by atoms with Crippen molar-refractivity contribution in [2.75, 3.05) is 33.3 Å². The Balaban J connectivity index is 2.05. The van der Waals surface area contributed by atoms with Crippen LogP contribution in [-0.4, -0.2) is 59.9 Å². The van der Waals surface area contributed by atoms with Crippen molar-refractivity contribution in [1.82, 2.24) is 9.80 Å². The van der Waals surface area contributed by atoms with Gasteiger partial charge in [0, 0.05) is 18.7 Å². The highest BCUT2D eigenvalue weighted by Gasteiger charge is 2.45. The number of methoxy groups -OCH3 is 1. The molecule has 0 aliphatic carbocycles. The molecular weight excluding hydrogens is 380 g/mol. The van der Waals surface area contributed by atoms with Crippen LogP contribution in [0.5, 0.6) is 5.75 Å². The summed E-state index contributed by atoms with van der Waals surface area (Å²) < 4.78 is 5.16. The van der Waals surface area contributed by atoms with E-state index in [9.17, 15) is 14.7 Å². The van der Waals surface area contributed by atoms with Crippen molar-refractivity contribution in [3.63, 3.8) is 0 Å². The number of Topliss-reactive ketones (excluding diaryl/α,β-unsaturated/α-hetero) is 1. The van der Waals surface area contributed by atoms with Crippen LogP contribution in [0.3, 0.4) is 0 Å². The summed E-state index contributed by atoms with van der Waals surface area (Å²) >= 11 is 0. The molecule has 2 aromatic rings. The molecule has 0 spiro atoms. The van der Waals surface area contributed by atoms with Crippen LogP contribution < -0.4 is 4.74 Å². The van der Waals surface area contributed by atoms with E-state index in [-0.39, 0.29) is 11.3 Å². The van der Waals surface area contributed by atoms with Gasteiger partial charge in [0.1, 0.15) is 11.5 Å². The molecule has 0 saturated carbocycles. The van der Waals surface area contributed by atoms with Crippen LogP contribution in [0.2, 0.25) is 0 Å². The van der Waals surface area contributed by atoms with Gasteiger partial charge in [-0.3, -0.25) is 9.59 Å². The molecule has 1 aliphatic heterocycles. The number of carbonyl (C=O) groups is 2. The van der Waals surface area contributed by atoms with Gasteiger partial charge < -0.3 is 19.6 Å². The van der Waals surface area contributed by atoms with Crippen LogP contribution in [0.4, 0.5) is 0 Å². The van der Waals surface area contributed by atoms with Gasteiger partial charge in [-0.2, -0.15) is 0 Å². The van der Waals surface area contributed by atoms with Crippen molar-refractivity contribution in [3.05, 3.63) is 71.3 Å². The lowest BCUT2D eigenvalue weighted by molar-refractivity contribution is -0.140. The van der Waals surface area contributed by atoms with Crippen molar-refractivity contribution < 1.29 is 19.4 Å². The second kappa shape index (κ2) is 9.59. The number of aliphatic hydroxyl groups excluding tert-OH is 1. The molecule has 1 amide bonds. The summed E-state index contributed by atoms with van der Waals surface area (Å²) in [6.07, 6.45) is 0. The van der Waals surface area contributed by atoms with Crippen LogP contribution in [0, 0.1) is 0 Å². The highest BCUT2D eigenvalue weighted by molar-refractivity contribution is 6.46. The van der Waals surface area contributed by atoms with Gasteiger partial charge >= 0.3 is 0 Å². The summed E-state index contributed by atoms with van der Waals surface area (Å²) in [5, 5.41) is 11.0. The van der Waals surface area contributed by atoms with Crippen LogP contribution >= 0.6 is 0 Å². The number of ether oxygens (including phenoxy) is 1. The maximum Gasteiger partial charge on any atom is 0.295 e. The summed E-state index contributed by atoms with van der Waals surface area (Å²) in [6, 6.07) is 15.5. The van der Waals surface area contributed by atoms with Gasteiger partial charge in [-0.15, -0.1) is 0 Å². The number of likely N-dealkylation sites (N-methyl/N-ethyl adjacent to an activating group) is 1. The molecule has 0 unspecified atom stereocenters. The van der Waals surface area contributed by atoms with Crippen LogP contribution in [-0.2, 0) is 9.59 Å². The van der Waals surface area contributed by atoms with Crippen molar-refractivity contribution >= 4 is 17.4 Å². The number of rotatable bonds is 8. The Morgan fingerprint density at radius 1 is 1.03 bits per heavy atom. The van der Waals surface area contributed by atoms with Gasteiger partial charge in [-0.25, -0.2) is 0 Å². The zero-order chi connectivity index (χ0) is 21.7. The highest BCUT2D eigenvalue weighted by Crippen LogP contribution is 2.39. The second-order valence-electron chi connectivity index (χ2n) is 7.16. The third-order valence-corrected chi connectivity index (χ3v) is 5.57. The molecule has 6 heteroatoms. The number of aliphatic hydroxyl groups is 1. The molecule has 0 aromatic heterocycles. The first-order valence-electron chi connectivity index (χ1n) is 10.2. The number of carbonyl (C=O) groups excluding carboxylic acids is 2. The van der Waals surface area contributed by atoms with E-state index in [1.807, 2.05) is 30.3 Å². The Morgan fingerprint density at radius 3 is 2.23 bits per heavy atom. The molecular formula is C24H28N2O4. The Morgan fingerprint density at radius 2 is 1.67 bits per heavy atom. The third kappa shape index (κ3) is 4.24. The highest BCUT2D eigenvalue weighted by atomic mass is 16.5. The molecule has 6 nitrogen and oxygen atoms in total. The predicted octanol–water partition coefficient (Wildman–Crippen LogP) is 3.46. The first-order chi connectivity index (χ1) is 14.5. The van der Waals surface area contributed by atoms with Gasteiger partial charge in [-0.05, 0) is 42.9 Å². The van der Waals surface area contributed by atoms with E-state index in [0.29, 0.717) is 24.4 Å². The number of benzene rings is 2. The fourth-order valence-electron chi connectivity index (χ4n) is 3.79. The van der Waals surface area contributed by atoms with Gasteiger partial charge in [0.2, 0.25) is 0 Å². The van der Waals surface area contributed by atoms with Crippen LogP contribution in [0.1, 0.15) is 31.0 Å². The van der Waals surface area contributed by atoms with E-state index in [2.05, 4.69) is 18.7 Å². The van der Waals surface area contributed by atoms with Crippen molar-refractivity contribution in [2.24, 2.45) is 0 Å². The second-order valence-corrected chi connectivity index (χ2v) is 7.16.